The number of rotatable bonds is 5. The van der Waals surface area contributed by atoms with Crippen LogP contribution in [0.3, 0.4) is 0 Å². The molecule has 3 N–H and O–H groups in total. The topological polar surface area (TPSA) is 78.4 Å². The molecule has 0 spiro atoms. The largest absolute Gasteiger partial charge is 0.480 e. The lowest BCUT2D eigenvalue weighted by atomic mass is 10.1. The second kappa shape index (κ2) is 5.97. The summed E-state index contributed by atoms with van der Waals surface area (Å²) in [5.41, 5.74) is 0. The van der Waals surface area contributed by atoms with Gasteiger partial charge in [-0.1, -0.05) is 13.3 Å². The number of nitrogens with one attached hydrogen (secondary N) is 2. The highest BCUT2D eigenvalue weighted by Crippen LogP contribution is 2.10. The monoisotopic (exact) mass is 232 g/mol. The average Bonchev–Trinajstić information content (AvgIpc) is 2.69. The third kappa shape index (κ3) is 3.71. The van der Waals surface area contributed by atoms with Gasteiger partial charge in [0, 0.05) is 11.6 Å². The molecule has 5 nitrogen and oxygen atoms in total. The smallest absolute Gasteiger partial charge is 0.326 e. The van der Waals surface area contributed by atoms with Crippen LogP contribution in [0.15, 0.2) is 0 Å². The predicted octanol–water partition coefficient (Wildman–Crippen LogP) is 0.0184. The van der Waals surface area contributed by atoms with Crippen molar-refractivity contribution >= 4 is 23.6 Å². The number of hydrogen-bond acceptors (Lipinski definition) is 4. The van der Waals surface area contributed by atoms with Gasteiger partial charge in [0.15, 0.2) is 0 Å². The van der Waals surface area contributed by atoms with E-state index in [4.69, 9.17) is 5.11 Å². The van der Waals surface area contributed by atoms with Crippen molar-refractivity contribution in [1.82, 2.24) is 10.6 Å². The molecule has 2 atom stereocenters. The molecule has 0 aromatic carbocycles. The van der Waals surface area contributed by atoms with Crippen LogP contribution in [0.2, 0.25) is 0 Å². The lowest BCUT2D eigenvalue weighted by Gasteiger charge is -2.16. The predicted molar refractivity (Wildman–Crippen MR) is 58.7 cm³/mol. The number of thioether (sulfide) groups is 1. The summed E-state index contributed by atoms with van der Waals surface area (Å²) < 4.78 is 0. The van der Waals surface area contributed by atoms with Crippen molar-refractivity contribution < 1.29 is 14.7 Å². The van der Waals surface area contributed by atoms with Crippen molar-refractivity contribution in [2.45, 2.75) is 31.8 Å². The minimum Gasteiger partial charge on any atom is -0.480 e. The van der Waals surface area contributed by atoms with Gasteiger partial charge in [-0.15, -0.1) is 11.8 Å². The van der Waals surface area contributed by atoms with Crippen LogP contribution in [0.4, 0.5) is 0 Å². The van der Waals surface area contributed by atoms with Crippen LogP contribution in [-0.4, -0.2) is 40.7 Å². The van der Waals surface area contributed by atoms with Gasteiger partial charge in [0.1, 0.15) is 6.04 Å². The van der Waals surface area contributed by atoms with Crippen LogP contribution in [0.5, 0.6) is 0 Å². The lowest BCUT2D eigenvalue weighted by Crippen LogP contribution is -2.49. The number of aliphatic carboxylic acids is 1. The molecule has 1 amide bonds. The van der Waals surface area contributed by atoms with Crippen LogP contribution in [0, 0.1) is 0 Å². The summed E-state index contributed by atoms with van der Waals surface area (Å²) in [6.07, 6.45) is 1.21. The molecule has 1 rings (SSSR count). The SMILES string of the molecule is CCC[C@H](NC(=O)C1CSCN1)C(=O)O. The normalized spacial score (nSPS) is 22.3. The van der Waals surface area contributed by atoms with Crippen molar-refractivity contribution in [1.29, 1.82) is 0 Å². The van der Waals surface area contributed by atoms with Gasteiger partial charge in [-0.25, -0.2) is 4.79 Å². The van der Waals surface area contributed by atoms with E-state index in [9.17, 15) is 9.59 Å². The summed E-state index contributed by atoms with van der Waals surface area (Å²) in [4.78, 5) is 22.4. The lowest BCUT2D eigenvalue weighted by molar-refractivity contribution is -0.142. The van der Waals surface area contributed by atoms with Crippen molar-refractivity contribution in [3.05, 3.63) is 0 Å². The molecule has 15 heavy (non-hydrogen) atoms. The number of carbonyl (C=O) groups excluding carboxylic acids is 1. The Morgan fingerprint density at radius 1 is 1.67 bits per heavy atom. The van der Waals surface area contributed by atoms with Crippen LogP contribution in [-0.2, 0) is 9.59 Å². The summed E-state index contributed by atoms with van der Waals surface area (Å²) in [5.74, 6) is 0.296. The first-order valence-corrected chi connectivity index (χ1v) is 6.15. The fourth-order valence-electron chi connectivity index (χ4n) is 1.38. The first kappa shape index (κ1) is 12.3. The Kier molecular flexibility index (Phi) is 4.90. The van der Waals surface area contributed by atoms with Gasteiger partial charge in [0.05, 0.1) is 6.04 Å². The van der Waals surface area contributed by atoms with Crippen LogP contribution >= 0.6 is 11.8 Å². The van der Waals surface area contributed by atoms with Crippen molar-refractivity contribution in [3.8, 4) is 0 Å². The summed E-state index contributed by atoms with van der Waals surface area (Å²) >= 11 is 1.64. The van der Waals surface area contributed by atoms with Crippen molar-refractivity contribution in [3.63, 3.8) is 0 Å². The highest BCUT2D eigenvalue weighted by Gasteiger charge is 2.26. The van der Waals surface area contributed by atoms with E-state index in [1.807, 2.05) is 6.92 Å². The molecule has 1 unspecified atom stereocenters. The third-order valence-corrected chi connectivity index (χ3v) is 3.16. The molecule has 1 aliphatic rings. The van der Waals surface area contributed by atoms with Gasteiger partial charge < -0.3 is 10.4 Å². The molecule has 1 fully saturated rings. The maximum absolute atomic E-state index is 11.6. The Balaban J connectivity index is 2.42. The van der Waals surface area contributed by atoms with E-state index in [1.165, 1.54) is 0 Å². The average molecular weight is 232 g/mol. The maximum atomic E-state index is 11.6. The molecule has 0 radical (unpaired) electrons. The number of amides is 1. The van der Waals surface area contributed by atoms with Crippen molar-refractivity contribution in [2.75, 3.05) is 11.6 Å². The number of carbonyl (C=O) groups is 2. The zero-order chi connectivity index (χ0) is 11.3. The van der Waals surface area contributed by atoms with E-state index in [-0.39, 0.29) is 11.9 Å². The Bertz CT molecular complexity index is 242. The highest BCUT2D eigenvalue weighted by atomic mass is 32.2. The molecular formula is C9H16N2O3S. The van der Waals surface area contributed by atoms with Crippen LogP contribution in [0.25, 0.3) is 0 Å². The minimum atomic E-state index is -0.962. The molecule has 0 bridgehead atoms. The fraction of sp³-hybridized carbons (Fsp3) is 0.778. The van der Waals surface area contributed by atoms with E-state index in [0.717, 1.165) is 12.3 Å². The Labute approximate surface area is 93.0 Å². The number of carboxylic acid groups (broad SMARTS) is 1. The molecular weight excluding hydrogens is 216 g/mol. The van der Waals surface area contributed by atoms with E-state index in [0.29, 0.717) is 12.2 Å². The van der Waals surface area contributed by atoms with E-state index < -0.39 is 12.0 Å². The summed E-state index contributed by atoms with van der Waals surface area (Å²) in [6, 6.07) is -0.997. The van der Waals surface area contributed by atoms with Gasteiger partial charge in [-0.3, -0.25) is 10.1 Å². The fourth-order valence-corrected chi connectivity index (χ4v) is 2.32. The first-order chi connectivity index (χ1) is 7.15. The molecule has 0 aromatic heterocycles. The molecule has 1 aliphatic heterocycles. The highest BCUT2D eigenvalue weighted by molar-refractivity contribution is 7.99. The first-order valence-electron chi connectivity index (χ1n) is 4.99. The quantitative estimate of drug-likeness (QED) is 0.623. The molecule has 86 valence electrons. The van der Waals surface area contributed by atoms with Gasteiger partial charge >= 0.3 is 5.97 Å². The zero-order valence-corrected chi connectivity index (χ0v) is 9.47. The van der Waals surface area contributed by atoms with Gasteiger partial charge in [0.25, 0.3) is 0 Å². The number of carboxylic acids is 1. The van der Waals surface area contributed by atoms with Crippen LogP contribution in [0.1, 0.15) is 19.8 Å². The molecule has 6 heteroatoms. The Hall–Kier alpha value is -0.750. The van der Waals surface area contributed by atoms with E-state index in [1.54, 1.807) is 11.8 Å². The molecule has 1 saturated heterocycles. The van der Waals surface area contributed by atoms with Gasteiger partial charge in [0.2, 0.25) is 5.91 Å². The van der Waals surface area contributed by atoms with Crippen LogP contribution < -0.4 is 10.6 Å². The van der Waals surface area contributed by atoms with Gasteiger partial charge in [-0.2, -0.15) is 0 Å². The van der Waals surface area contributed by atoms with E-state index in [2.05, 4.69) is 10.6 Å². The molecule has 1 heterocycles. The third-order valence-electron chi connectivity index (χ3n) is 2.22. The summed E-state index contributed by atoms with van der Waals surface area (Å²) in [7, 11) is 0. The second-order valence-corrected chi connectivity index (χ2v) is 4.49. The Morgan fingerprint density at radius 3 is 2.87 bits per heavy atom. The summed E-state index contributed by atoms with van der Waals surface area (Å²) in [5, 5.41) is 14.4. The minimum absolute atomic E-state index is 0.208. The number of hydrogen-bond donors (Lipinski definition) is 3. The molecule has 0 aromatic rings. The standard InChI is InChI=1S/C9H16N2O3S/c1-2-3-6(9(13)14)11-8(12)7-4-15-5-10-7/h6-7,10H,2-5H2,1H3,(H,11,12)(H,13,14)/t6-,7?/m0/s1. The Morgan fingerprint density at radius 2 is 2.40 bits per heavy atom. The van der Waals surface area contributed by atoms with E-state index >= 15 is 0 Å². The summed E-state index contributed by atoms with van der Waals surface area (Å²) in [6.45, 7) is 1.89. The van der Waals surface area contributed by atoms with Gasteiger partial charge in [-0.05, 0) is 6.42 Å². The maximum Gasteiger partial charge on any atom is 0.326 e. The second-order valence-electron chi connectivity index (χ2n) is 3.46. The molecule has 0 aliphatic carbocycles. The zero-order valence-electron chi connectivity index (χ0n) is 8.66. The molecule has 0 saturated carbocycles. The van der Waals surface area contributed by atoms with Crippen molar-refractivity contribution in [2.24, 2.45) is 0 Å².